The zero-order valence-corrected chi connectivity index (χ0v) is 15.9. The van der Waals surface area contributed by atoms with Crippen LogP contribution in [0, 0.1) is 0 Å². The molecule has 0 radical (unpaired) electrons. The van der Waals surface area contributed by atoms with Gasteiger partial charge in [-0.3, -0.25) is 14.4 Å². The summed E-state index contributed by atoms with van der Waals surface area (Å²) < 4.78 is 6.94. The maximum Gasteiger partial charge on any atom is 0.325 e. The van der Waals surface area contributed by atoms with Crippen molar-refractivity contribution in [3.63, 3.8) is 0 Å². The quantitative estimate of drug-likeness (QED) is 0.708. The highest BCUT2D eigenvalue weighted by atomic mass is 16.5. The Balaban J connectivity index is 1.47. The van der Waals surface area contributed by atoms with Gasteiger partial charge in [-0.1, -0.05) is 18.2 Å². The van der Waals surface area contributed by atoms with E-state index in [2.05, 4.69) is 22.1 Å². The Labute approximate surface area is 163 Å². The Morgan fingerprint density at radius 1 is 1.29 bits per heavy atom. The number of benzene rings is 1. The van der Waals surface area contributed by atoms with Crippen molar-refractivity contribution in [3.05, 3.63) is 54.0 Å². The van der Waals surface area contributed by atoms with Gasteiger partial charge in [-0.2, -0.15) is 5.10 Å². The van der Waals surface area contributed by atoms with E-state index in [0.717, 1.165) is 60.5 Å². The van der Waals surface area contributed by atoms with Gasteiger partial charge in [-0.25, -0.2) is 4.98 Å². The van der Waals surface area contributed by atoms with Gasteiger partial charge in [0.15, 0.2) is 0 Å². The first-order chi connectivity index (χ1) is 13.6. The SMILES string of the molecule is COc1cccc2ccc(CN3CCC[C@H](c4ccn(CC(=O)O)n4)C3)nc12. The minimum atomic E-state index is -0.877. The van der Waals surface area contributed by atoms with Crippen LogP contribution in [0.15, 0.2) is 42.6 Å². The van der Waals surface area contributed by atoms with Crippen LogP contribution < -0.4 is 4.74 Å². The third-order valence-electron chi connectivity index (χ3n) is 5.23. The minimum Gasteiger partial charge on any atom is -0.494 e. The summed E-state index contributed by atoms with van der Waals surface area (Å²) in [5.41, 5.74) is 2.89. The fraction of sp³-hybridized carbons (Fsp3) is 0.381. The van der Waals surface area contributed by atoms with Crippen molar-refractivity contribution in [1.82, 2.24) is 19.7 Å². The first-order valence-electron chi connectivity index (χ1n) is 9.52. The van der Waals surface area contributed by atoms with E-state index in [-0.39, 0.29) is 6.54 Å². The Morgan fingerprint density at radius 3 is 3.00 bits per heavy atom. The molecule has 1 fully saturated rings. The van der Waals surface area contributed by atoms with Gasteiger partial charge in [0.05, 0.1) is 18.5 Å². The number of aliphatic carboxylic acids is 1. The maximum atomic E-state index is 10.9. The number of likely N-dealkylation sites (tertiary alicyclic amines) is 1. The molecule has 146 valence electrons. The lowest BCUT2D eigenvalue weighted by atomic mass is 9.95. The molecule has 7 heteroatoms. The lowest BCUT2D eigenvalue weighted by Crippen LogP contribution is -2.34. The number of ether oxygens (including phenoxy) is 1. The molecule has 0 bridgehead atoms. The van der Waals surface area contributed by atoms with Crippen LogP contribution in [0.3, 0.4) is 0 Å². The van der Waals surface area contributed by atoms with Crippen molar-refractivity contribution in [3.8, 4) is 5.75 Å². The first-order valence-corrected chi connectivity index (χ1v) is 9.52. The largest absolute Gasteiger partial charge is 0.494 e. The van der Waals surface area contributed by atoms with Gasteiger partial charge in [-0.15, -0.1) is 0 Å². The molecular weight excluding hydrogens is 356 g/mol. The van der Waals surface area contributed by atoms with E-state index in [1.807, 2.05) is 24.3 Å². The Bertz CT molecular complexity index is 985. The van der Waals surface area contributed by atoms with Crippen LogP contribution in [0.25, 0.3) is 10.9 Å². The van der Waals surface area contributed by atoms with Crippen LogP contribution in [0.1, 0.15) is 30.1 Å². The number of fused-ring (bicyclic) bond motifs is 1. The summed E-state index contributed by atoms with van der Waals surface area (Å²) in [7, 11) is 1.67. The zero-order valence-electron chi connectivity index (χ0n) is 15.9. The van der Waals surface area contributed by atoms with Gasteiger partial charge in [0, 0.05) is 30.6 Å². The van der Waals surface area contributed by atoms with Crippen molar-refractivity contribution >= 4 is 16.9 Å². The van der Waals surface area contributed by atoms with Gasteiger partial charge in [-0.05, 0) is 37.6 Å². The molecule has 1 aliphatic rings. The second-order valence-corrected chi connectivity index (χ2v) is 7.24. The third-order valence-corrected chi connectivity index (χ3v) is 5.23. The number of methoxy groups -OCH3 is 1. The average molecular weight is 380 g/mol. The summed E-state index contributed by atoms with van der Waals surface area (Å²) in [5, 5.41) is 14.4. The number of nitrogens with zero attached hydrogens (tertiary/aromatic N) is 4. The minimum absolute atomic E-state index is 0.0979. The second-order valence-electron chi connectivity index (χ2n) is 7.24. The molecule has 2 aromatic heterocycles. The monoisotopic (exact) mass is 380 g/mol. The first kappa shape index (κ1) is 18.4. The molecule has 0 amide bonds. The summed E-state index contributed by atoms with van der Waals surface area (Å²) in [6, 6.07) is 12.1. The van der Waals surface area contributed by atoms with E-state index in [4.69, 9.17) is 14.8 Å². The molecule has 7 nitrogen and oxygen atoms in total. The van der Waals surface area contributed by atoms with Crippen LogP contribution in [0.5, 0.6) is 5.75 Å². The fourth-order valence-electron chi connectivity index (χ4n) is 3.90. The topological polar surface area (TPSA) is 80.5 Å². The number of carboxylic acids is 1. The molecule has 0 saturated carbocycles. The number of hydrogen-bond acceptors (Lipinski definition) is 5. The maximum absolute atomic E-state index is 10.9. The average Bonchev–Trinajstić information content (AvgIpc) is 3.15. The Kier molecular flexibility index (Phi) is 5.25. The van der Waals surface area contributed by atoms with Crippen molar-refractivity contribution in [1.29, 1.82) is 0 Å². The molecule has 3 aromatic rings. The van der Waals surface area contributed by atoms with Crippen LogP contribution >= 0.6 is 0 Å². The van der Waals surface area contributed by atoms with Crippen molar-refractivity contribution in [2.45, 2.75) is 31.8 Å². The van der Waals surface area contributed by atoms with Gasteiger partial charge >= 0.3 is 5.97 Å². The number of hydrogen-bond donors (Lipinski definition) is 1. The van der Waals surface area contributed by atoms with Crippen LogP contribution in [-0.2, 0) is 17.9 Å². The van der Waals surface area contributed by atoms with Crippen molar-refractivity contribution in [2.75, 3.05) is 20.2 Å². The standard InChI is InChI=1S/C21H24N4O3/c1-28-19-6-2-4-15-7-8-17(22-21(15)19)13-24-10-3-5-16(12-24)18-9-11-25(23-18)14-20(26)27/h2,4,6-9,11,16H,3,5,10,12-14H2,1H3,(H,26,27)/t16-/m0/s1. The van der Waals surface area contributed by atoms with Gasteiger partial charge in [0.25, 0.3) is 0 Å². The fourth-order valence-corrected chi connectivity index (χ4v) is 3.90. The van der Waals surface area contributed by atoms with E-state index >= 15 is 0 Å². The van der Waals surface area contributed by atoms with Crippen molar-refractivity contribution < 1.29 is 14.6 Å². The lowest BCUT2D eigenvalue weighted by Gasteiger charge is -2.31. The molecule has 0 spiro atoms. The van der Waals surface area contributed by atoms with Crippen LogP contribution in [-0.4, -0.2) is 50.9 Å². The van der Waals surface area contributed by atoms with E-state index in [0.29, 0.717) is 5.92 Å². The molecule has 0 unspecified atom stereocenters. The summed E-state index contributed by atoms with van der Waals surface area (Å²) in [5.74, 6) is 0.233. The second kappa shape index (κ2) is 7.98. The molecule has 1 atom stereocenters. The van der Waals surface area contributed by atoms with Crippen molar-refractivity contribution in [2.24, 2.45) is 0 Å². The van der Waals surface area contributed by atoms with Gasteiger partial charge < -0.3 is 9.84 Å². The molecule has 28 heavy (non-hydrogen) atoms. The summed E-state index contributed by atoms with van der Waals surface area (Å²) in [6.45, 7) is 2.60. The van der Waals surface area contributed by atoms with E-state index in [1.54, 1.807) is 13.3 Å². The number of carbonyl (C=O) groups is 1. The molecule has 1 aromatic carbocycles. The van der Waals surface area contributed by atoms with E-state index in [1.165, 1.54) is 4.68 Å². The predicted octanol–water partition coefficient (Wildman–Crippen LogP) is 2.90. The van der Waals surface area contributed by atoms with E-state index < -0.39 is 5.97 Å². The van der Waals surface area contributed by atoms with E-state index in [9.17, 15) is 4.79 Å². The number of rotatable bonds is 6. The molecule has 1 saturated heterocycles. The molecule has 1 N–H and O–H groups in total. The number of aromatic nitrogens is 3. The third kappa shape index (κ3) is 3.99. The molecule has 1 aliphatic heterocycles. The molecular formula is C21H24N4O3. The number of pyridine rings is 1. The molecule has 4 rings (SSSR count). The normalized spacial score (nSPS) is 17.7. The summed E-state index contributed by atoms with van der Waals surface area (Å²) >= 11 is 0. The molecule has 3 heterocycles. The Hall–Kier alpha value is -2.93. The lowest BCUT2D eigenvalue weighted by molar-refractivity contribution is -0.137. The highest BCUT2D eigenvalue weighted by Crippen LogP contribution is 2.28. The molecule has 0 aliphatic carbocycles. The van der Waals surface area contributed by atoms with Gasteiger partial charge in [0.2, 0.25) is 0 Å². The summed E-state index contributed by atoms with van der Waals surface area (Å²) in [4.78, 5) is 18.1. The highest BCUT2D eigenvalue weighted by Gasteiger charge is 2.23. The number of piperidine rings is 1. The number of para-hydroxylation sites is 1. The Morgan fingerprint density at radius 2 is 2.18 bits per heavy atom. The summed E-state index contributed by atoms with van der Waals surface area (Å²) in [6.07, 6.45) is 3.91. The van der Waals surface area contributed by atoms with Gasteiger partial charge in [0.1, 0.15) is 17.8 Å². The highest BCUT2D eigenvalue weighted by molar-refractivity contribution is 5.84. The zero-order chi connectivity index (χ0) is 19.5. The van der Waals surface area contributed by atoms with Crippen LogP contribution in [0.2, 0.25) is 0 Å². The predicted molar refractivity (Wildman–Crippen MR) is 105 cm³/mol. The number of carboxylic acid groups (broad SMARTS) is 1. The van der Waals surface area contributed by atoms with Crippen LogP contribution in [0.4, 0.5) is 0 Å². The smallest absolute Gasteiger partial charge is 0.325 e.